The summed E-state index contributed by atoms with van der Waals surface area (Å²) in [5, 5.41) is 19.4. The summed E-state index contributed by atoms with van der Waals surface area (Å²) >= 11 is 1.51. The van der Waals surface area contributed by atoms with Gasteiger partial charge in [-0.05, 0) is 30.3 Å². The average molecular weight is 271 g/mol. The fourth-order valence-corrected chi connectivity index (χ4v) is 2.90. The number of benzene rings is 1. The second-order valence-electron chi connectivity index (χ2n) is 4.04. The molecule has 94 valence electrons. The predicted molar refractivity (Wildman–Crippen MR) is 73.7 cm³/mol. The molecule has 0 aliphatic rings. The number of carbonyl (C=O) groups is 1. The van der Waals surface area contributed by atoms with Crippen LogP contribution in [-0.4, -0.2) is 21.2 Å². The van der Waals surface area contributed by atoms with Gasteiger partial charge in [0, 0.05) is 16.3 Å². The van der Waals surface area contributed by atoms with Crippen molar-refractivity contribution in [2.45, 2.75) is 0 Å². The molecule has 2 heterocycles. The quantitative estimate of drug-likeness (QED) is 0.749. The molecule has 19 heavy (non-hydrogen) atoms. The second kappa shape index (κ2) is 4.37. The Labute approximate surface area is 112 Å². The maximum Gasteiger partial charge on any atom is 0.337 e. The first kappa shape index (κ1) is 11.7. The molecule has 2 aromatic heterocycles. The highest BCUT2D eigenvalue weighted by atomic mass is 32.1. The summed E-state index contributed by atoms with van der Waals surface area (Å²) in [5.74, 6) is -0.754. The highest BCUT2D eigenvalue weighted by molar-refractivity contribution is 7.22. The normalized spacial score (nSPS) is 10.7. The number of phenols is 1. The van der Waals surface area contributed by atoms with Gasteiger partial charge in [-0.1, -0.05) is 6.07 Å². The van der Waals surface area contributed by atoms with Crippen LogP contribution in [0.4, 0.5) is 0 Å². The van der Waals surface area contributed by atoms with Crippen LogP contribution in [0.3, 0.4) is 0 Å². The van der Waals surface area contributed by atoms with Gasteiger partial charge in [0.1, 0.15) is 5.75 Å². The van der Waals surface area contributed by atoms with Gasteiger partial charge in [0.2, 0.25) is 0 Å². The van der Waals surface area contributed by atoms with Crippen molar-refractivity contribution in [1.29, 1.82) is 0 Å². The molecule has 2 N–H and O–H groups in total. The van der Waals surface area contributed by atoms with Gasteiger partial charge < -0.3 is 10.2 Å². The molecule has 0 saturated heterocycles. The molecule has 0 aliphatic heterocycles. The fraction of sp³-hybridized carbons (Fsp3) is 0. The van der Waals surface area contributed by atoms with E-state index in [1.165, 1.54) is 23.6 Å². The van der Waals surface area contributed by atoms with Crippen molar-refractivity contribution in [3.63, 3.8) is 0 Å². The number of hydrogen-bond donors (Lipinski definition) is 2. The van der Waals surface area contributed by atoms with Crippen LogP contribution in [0.1, 0.15) is 10.4 Å². The summed E-state index contributed by atoms with van der Waals surface area (Å²) in [6.07, 6.45) is 1.34. The van der Waals surface area contributed by atoms with Crippen molar-refractivity contribution < 1.29 is 15.0 Å². The third-order valence-electron chi connectivity index (χ3n) is 2.80. The molecule has 0 amide bonds. The largest absolute Gasteiger partial charge is 0.507 e. The summed E-state index contributed by atoms with van der Waals surface area (Å²) < 4.78 is 0.971. The Morgan fingerprint density at radius 2 is 2.05 bits per heavy atom. The monoisotopic (exact) mass is 271 g/mol. The highest BCUT2D eigenvalue weighted by Crippen LogP contribution is 2.36. The molecular formula is C14H9NO3S. The lowest BCUT2D eigenvalue weighted by Gasteiger charge is -1.97. The summed E-state index contributed by atoms with van der Waals surface area (Å²) in [4.78, 5) is 15.8. The number of nitrogens with zero attached hydrogens (tertiary/aromatic N) is 1. The molecule has 0 unspecified atom stereocenters. The topological polar surface area (TPSA) is 70.4 Å². The molecule has 0 fully saturated rings. The molecule has 0 spiro atoms. The van der Waals surface area contributed by atoms with Crippen molar-refractivity contribution in [1.82, 2.24) is 4.98 Å². The number of fused-ring (bicyclic) bond motifs is 1. The Morgan fingerprint density at radius 1 is 1.21 bits per heavy atom. The lowest BCUT2D eigenvalue weighted by Crippen LogP contribution is -1.96. The number of hydrogen-bond acceptors (Lipinski definition) is 4. The van der Waals surface area contributed by atoms with Gasteiger partial charge >= 0.3 is 5.97 Å². The Morgan fingerprint density at radius 3 is 2.68 bits per heavy atom. The van der Waals surface area contributed by atoms with Crippen molar-refractivity contribution in [3.05, 3.63) is 48.2 Å². The number of aromatic nitrogens is 1. The number of carboxylic acids is 1. The van der Waals surface area contributed by atoms with E-state index < -0.39 is 5.97 Å². The molecule has 0 bridgehead atoms. The first-order valence-electron chi connectivity index (χ1n) is 5.56. The number of aromatic hydroxyl groups is 1. The van der Waals surface area contributed by atoms with Gasteiger partial charge in [0.25, 0.3) is 0 Å². The number of phenolic OH excluding ortho intramolecular Hbond substituents is 1. The number of rotatable bonds is 2. The van der Waals surface area contributed by atoms with E-state index in [4.69, 9.17) is 5.11 Å². The minimum absolute atomic E-state index is 0.160. The van der Waals surface area contributed by atoms with Gasteiger partial charge in [-0.15, -0.1) is 11.3 Å². The Hall–Kier alpha value is -2.40. The third kappa shape index (κ3) is 2.04. The predicted octanol–water partition coefficient (Wildman–Crippen LogP) is 3.37. The zero-order valence-electron chi connectivity index (χ0n) is 9.70. The lowest BCUT2D eigenvalue weighted by molar-refractivity contribution is 0.0696. The number of thiophene rings is 1. The highest BCUT2D eigenvalue weighted by Gasteiger charge is 2.09. The molecule has 0 aliphatic carbocycles. The summed E-state index contributed by atoms with van der Waals surface area (Å²) in [5.41, 5.74) is 0.860. The smallest absolute Gasteiger partial charge is 0.337 e. The van der Waals surface area contributed by atoms with Crippen LogP contribution in [0.2, 0.25) is 0 Å². The van der Waals surface area contributed by atoms with Gasteiger partial charge in [-0.2, -0.15) is 0 Å². The van der Waals surface area contributed by atoms with E-state index >= 15 is 0 Å². The van der Waals surface area contributed by atoms with E-state index in [1.807, 2.05) is 12.1 Å². The maximum absolute atomic E-state index is 10.8. The molecular weight excluding hydrogens is 262 g/mol. The van der Waals surface area contributed by atoms with Crippen LogP contribution in [0.15, 0.2) is 42.6 Å². The van der Waals surface area contributed by atoms with Gasteiger partial charge in [0.05, 0.1) is 16.1 Å². The first-order chi connectivity index (χ1) is 9.15. The third-order valence-corrected chi connectivity index (χ3v) is 3.92. The second-order valence-corrected chi connectivity index (χ2v) is 5.12. The lowest BCUT2D eigenvalue weighted by atomic mass is 10.2. The van der Waals surface area contributed by atoms with Crippen molar-refractivity contribution >= 4 is 27.4 Å². The van der Waals surface area contributed by atoms with Crippen LogP contribution in [0.25, 0.3) is 20.7 Å². The SMILES string of the molecule is O=C(O)c1ccc(-c2cc3c(O)cccc3s2)nc1. The zero-order valence-corrected chi connectivity index (χ0v) is 10.5. The first-order valence-corrected chi connectivity index (χ1v) is 6.38. The summed E-state index contributed by atoms with van der Waals surface area (Å²) in [6.45, 7) is 0. The molecule has 3 rings (SSSR count). The number of aromatic carboxylic acids is 1. The molecule has 1 aromatic carbocycles. The van der Waals surface area contributed by atoms with E-state index in [9.17, 15) is 9.90 Å². The summed E-state index contributed by atoms with van der Waals surface area (Å²) in [6, 6.07) is 10.4. The molecule has 0 radical (unpaired) electrons. The molecule has 0 atom stereocenters. The van der Waals surface area contributed by atoms with Crippen LogP contribution < -0.4 is 0 Å². The zero-order chi connectivity index (χ0) is 13.4. The Kier molecular flexibility index (Phi) is 2.68. The van der Waals surface area contributed by atoms with E-state index in [0.717, 1.165) is 15.0 Å². The van der Waals surface area contributed by atoms with Crippen molar-refractivity contribution in [3.8, 4) is 16.3 Å². The molecule has 0 saturated carbocycles. The minimum atomic E-state index is -0.993. The van der Waals surface area contributed by atoms with Gasteiger partial charge in [0.15, 0.2) is 0 Å². The van der Waals surface area contributed by atoms with Crippen LogP contribution in [-0.2, 0) is 0 Å². The van der Waals surface area contributed by atoms with Crippen LogP contribution in [0.5, 0.6) is 5.75 Å². The van der Waals surface area contributed by atoms with E-state index in [0.29, 0.717) is 5.69 Å². The maximum atomic E-state index is 10.8. The number of pyridine rings is 1. The molecule has 3 aromatic rings. The average Bonchev–Trinajstić information content (AvgIpc) is 2.84. The number of carboxylic acid groups (broad SMARTS) is 1. The summed E-state index contributed by atoms with van der Waals surface area (Å²) in [7, 11) is 0. The van der Waals surface area contributed by atoms with E-state index in [1.54, 1.807) is 18.2 Å². The molecule has 5 heteroatoms. The van der Waals surface area contributed by atoms with E-state index in [-0.39, 0.29) is 11.3 Å². The van der Waals surface area contributed by atoms with Gasteiger partial charge in [-0.25, -0.2) is 4.79 Å². The van der Waals surface area contributed by atoms with Crippen molar-refractivity contribution in [2.75, 3.05) is 0 Å². The van der Waals surface area contributed by atoms with Crippen molar-refractivity contribution in [2.24, 2.45) is 0 Å². The van der Waals surface area contributed by atoms with E-state index in [2.05, 4.69) is 4.98 Å². The standard InChI is InChI=1S/C14H9NO3S/c16-11-2-1-3-12-9(11)6-13(19-12)10-5-4-8(7-15-10)14(17)18/h1-7,16H,(H,17,18). The fourth-order valence-electron chi connectivity index (χ4n) is 1.84. The van der Waals surface area contributed by atoms with Crippen LogP contribution >= 0.6 is 11.3 Å². The van der Waals surface area contributed by atoms with Crippen LogP contribution in [0, 0.1) is 0 Å². The minimum Gasteiger partial charge on any atom is -0.507 e. The molecule has 4 nitrogen and oxygen atoms in total. The van der Waals surface area contributed by atoms with Gasteiger partial charge in [-0.3, -0.25) is 4.98 Å². The Balaban J connectivity index is 2.09. The Bertz CT molecular complexity index is 762.